The predicted molar refractivity (Wildman–Crippen MR) is 102 cm³/mol. The average molecular weight is 352 g/mol. The third-order valence-electron chi connectivity index (χ3n) is 6.01. The fourth-order valence-electron chi connectivity index (χ4n) is 4.71. The van der Waals surface area contributed by atoms with Crippen LogP contribution in [0.25, 0.3) is 0 Å². The molecule has 1 unspecified atom stereocenters. The molecule has 4 nitrogen and oxygen atoms in total. The summed E-state index contributed by atoms with van der Waals surface area (Å²) in [6.07, 6.45) is 3.50. The monoisotopic (exact) mass is 352 g/mol. The fraction of sp³-hybridized carbons (Fsp3) is 0.500. The van der Waals surface area contributed by atoms with Crippen LogP contribution in [-0.4, -0.2) is 41.3 Å². The van der Waals surface area contributed by atoms with Crippen LogP contribution in [0.3, 0.4) is 0 Å². The molecule has 1 aliphatic heterocycles. The summed E-state index contributed by atoms with van der Waals surface area (Å²) in [5, 5.41) is 9.13. The van der Waals surface area contributed by atoms with Gasteiger partial charge in [0.15, 0.2) is 0 Å². The second kappa shape index (κ2) is 7.47. The first kappa shape index (κ1) is 17.7. The van der Waals surface area contributed by atoms with Crippen molar-refractivity contribution in [1.82, 2.24) is 9.88 Å². The van der Waals surface area contributed by atoms with E-state index >= 15 is 0 Å². The highest BCUT2D eigenvalue weighted by molar-refractivity contribution is 5.42. The SMILES string of the molecule is Cc1cccc(CN2CCC3(CC2)CC(OCCO)c2ccccc23)n1. The van der Waals surface area contributed by atoms with Gasteiger partial charge < -0.3 is 9.84 Å². The number of aliphatic hydroxyl groups is 1. The maximum absolute atomic E-state index is 9.13. The van der Waals surface area contributed by atoms with Crippen molar-refractivity contribution in [1.29, 1.82) is 0 Å². The lowest BCUT2D eigenvalue weighted by Crippen LogP contribution is -2.41. The standard InChI is InChI=1S/C22H28N2O2/c1-17-5-4-6-18(23-17)16-24-11-9-22(10-12-24)15-21(26-14-13-25)19-7-2-3-8-20(19)22/h2-8,21,25H,9-16H2,1H3. The van der Waals surface area contributed by atoms with Crippen LogP contribution in [0, 0.1) is 6.92 Å². The van der Waals surface area contributed by atoms with E-state index in [4.69, 9.17) is 9.84 Å². The minimum absolute atomic E-state index is 0.0862. The first-order chi connectivity index (χ1) is 12.7. The average Bonchev–Trinajstić information content (AvgIpc) is 2.96. The number of ether oxygens (including phenoxy) is 1. The van der Waals surface area contributed by atoms with Crippen LogP contribution in [0.4, 0.5) is 0 Å². The zero-order valence-corrected chi connectivity index (χ0v) is 15.5. The van der Waals surface area contributed by atoms with Crippen molar-refractivity contribution in [3.05, 3.63) is 65.0 Å². The van der Waals surface area contributed by atoms with Crippen LogP contribution in [0.1, 0.15) is 47.9 Å². The number of aromatic nitrogens is 1. The molecular weight excluding hydrogens is 324 g/mol. The molecule has 4 heteroatoms. The number of hydrogen-bond acceptors (Lipinski definition) is 4. The lowest BCUT2D eigenvalue weighted by Gasteiger charge is -2.40. The number of benzene rings is 1. The summed E-state index contributed by atoms with van der Waals surface area (Å²) in [5.74, 6) is 0. The summed E-state index contributed by atoms with van der Waals surface area (Å²) in [5.41, 5.74) is 5.28. The molecule has 4 rings (SSSR count). The minimum Gasteiger partial charge on any atom is -0.394 e. The zero-order valence-electron chi connectivity index (χ0n) is 15.5. The number of piperidine rings is 1. The Hall–Kier alpha value is -1.75. The normalized spacial score (nSPS) is 21.8. The topological polar surface area (TPSA) is 45.6 Å². The van der Waals surface area contributed by atoms with Crippen molar-refractivity contribution in [3.63, 3.8) is 0 Å². The number of aliphatic hydroxyl groups excluding tert-OH is 1. The Kier molecular flexibility index (Phi) is 5.07. The molecule has 1 aromatic heterocycles. The Balaban J connectivity index is 1.46. The first-order valence-electron chi connectivity index (χ1n) is 9.67. The van der Waals surface area contributed by atoms with Crippen LogP contribution in [0.15, 0.2) is 42.5 Å². The van der Waals surface area contributed by atoms with E-state index in [0.717, 1.165) is 50.3 Å². The van der Waals surface area contributed by atoms with Crippen molar-refractivity contribution in [2.75, 3.05) is 26.3 Å². The molecule has 2 aliphatic rings. The molecule has 1 fully saturated rings. The second-order valence-electron chi connectivity index (χ2n) is 7.70. The van der Waals surface area contributed by atoms with Gasteiger partial charge in [0, 0.05) is 17.7 Å². The highest BCUT2D eigenvalue weighted by Gasteiger charge is 2.45. The maximum Gasteiger partial charge on any atom is 0.0837 e. The summed E-state index contributed by atoms with van der Waals surface area (Å²) in [6.45, 7) is 5.68. The number of rotatable bonds is 5. The van der Waals surface area contributed by atoms with E-state index in [1.54, 1.807) is 0 Å². The molecule has 0 radical (unpaired) electrons. The molecule has 1 saturated heterocycles. The van der Waals surface area contributed by atoms with Gasteiger partial charge in [-0.15, -0.1) is 0 Å². The van der Waals surface area contributed by atoms with Crippen molar-refractivity contribution in [3.8, 4) is 0 Å². The quantitative estimate of drug-likeness (QED) is 0.896. The van der Waals surface area contributed by atoms with Gasteiger partial charge in [-0.05, 0) is 62.5 Å². The molecule has 1 N–H and O–H groups in total. The first-order valence-corrected chi connectivity index (χ1v) is 9.67. The predicted octanol–water partition coefficient (Wildman–Crippen LogP) is 3.38. The van der Waals surface area contributed by atoms with Crippen molar-refractivity contribution in [2.45, 2.75) is 44.2 Å². The Morgan fingerprint density at radius 1 is 1.15 bits per heavy atom. The van der Waals surface area contributed by atoms with Crippen molar-refractivity contribution in [2.24, 2.45) is 0 Å². The lowest BCUT2D eigenvalue weighted by molar-refractivity contribution is 0.0127. The number of fused-ring (bicyclic) bond motifs is 2. The number of aryl methyl sites for hydroxylation is 1. The largest absolute Gasteiger partial charge is 0.394 e. The van der Waals surface area contributed by atoms with Crippen molar-refractivity contribution >= 4 is 0 Å². The highest BCUT2D eigenvalue weighted by Crippen LogP contribution is 2.52. The van der Waals surface area contributed by atoms with Crippen LogP contribution in [0.5, 0.6) is 0 Å². The molecule has 0 amide bonds. The smallest absolute Gasteiger partial charge is 0.0837 e. The molecule has 1 aromatic carbocycles. The summed E-state index contributed by atoms with van der Waals surface area (Å²) in [7, 11) is 0. The van der Waals surface area contributed by atoms with Crippen molar-refractivity contribution < 1.29 is 9.84 Å². The Morgan fingerprint density at radius 3 is 2.73 bits per heavy atom. The van der Waals surface area contributed by atoms with Gasteiger partial charge in [0.1, 0.15) is 0 Å². The zero-order chi connectivity index (χ0) is 18.0. The van der Waals surface area contributed by atoms with Crippen LogP contribution < -0.4 is 0 Å². The molecule has 1 aliphatic carbocycles. The van der Waals surface area contributed by atoms with Gasteiger partial charge in [0.2, 0.25) is 0 Å². The van der Waals surface area contributed by atoms with Gasteiger partial charge in [-0.1, -0.05) is 30.3 Å². The molecule has 138 valence electrons. The van der Waals surface area contributed by atoms with E-state index in [2.05, 4.69) is 59.3 Å². The summed E-state index contributed by atoms with van der Waals surface area (Å²) < 4.78 is 5.97. The van der Waals surface area contributed by atoms with E-state index in [0.29, 0.717) is 6.61 Å². The minimum atomic E-state index is 0.0862. The third-order valence-corrected chi connectivity index (χ3v) is 6.01. The molecule has 0 saturated carbocycles. The van der Waals surface area contributed by atoms with Gasteiger partial charge in [-0.25, -0.2) is 0 Å². The summed E-state index contributed by atoms with van der Waals surface area (Å²) >= 11 is 0. The Bertz CT molecular complexity index is 753. The third kappa shape index (κ3) is 3.41. The second-order valence-corrected chi connectivity index (χ2v) is 7.70. The van der Waals surface area contributed by atoms with E-state index < -0.39 is 0 Å². The lowest BCUT2D eigenvalue weighted by atomic mass is 9.73. The van der Waals surface area contributed by atoms with E-state index in [9.17, 15) is 0 Å². The van der Waals surface area contributed by atoms with Crippen LogP contribution >= 0.6 is 0 Å². The van der Waals surface area contributed by atoms with E-state index in [1.165, 1.54) is 11.1 Å². The van der Waals surface area contributed by atoms with Crippen LogP contribution in [-0.2, 0) is 16.7 Å². The number of pyridine rings is 1. The molecule has 2 heterocycles. The molecule has 1 spiro atoms. The Labute approximate surface area is 155 Å². The molecule has 0 bridgehead atoms. The fourth-order valence-corrected chi connectivity index (χ4v) is 4.71. The molecule has 26 heavy (non-hydrogen) atoms. The number of nitrogens with zero attached hydrogens (tertiary/aromatic N) is 2. The van der Waals surface area contributed by atoms with Crippen LogP contribution in [0.2, 0.25) is 0 Å². The van der Waals surface area contributed by atoms with E-state index in [1.807, 2.05) is 0 Å². The Morgan fingerprint density at radius 2 is 1.96 bits per heavy atom. The summed E-state index contributed by atoms with van der Waals surface area (Å²) in [6, 6.07) is 15.0. The highest BCUT2D eigenvalue weighted by atomic mass is 16.5. The number of likely N-dealkylation sites (tertiary alicyclic amines) is 1. The number of hydrogen-bond donors (Lipinski definition) is 1. The molecule has 1 atom stereocenters. The maximum atomic E-state index is 9.13. The molecule has 2 aromatic rings. The van der Waals surface area contributed by atoms with Gasteiger partial charge in [0.25, 0.3) is 0 Å². The molecular formula is C22H28N2O2. The summed E-state index contributed by atoms with van der Waals surface area (Å²) in [4.78, 5) is 7.18. The van der Waals surface area contributed by atoms with Gasteiger partial charge >= 0.3 is 0 Å². The van der Waals surface area contributed by atoms with Gasteiger partial charge in [-0.2, -0.15) is 0 Å². The van der Waals surface area contributed by atoms with Gasteiger partial charge in [-0.3, -0.25) is 9.88 Å². The van der Waals surface area contributed by atoms with E-state index in [-0.39, 0.29) is 18.1 Å². The van der Waals surface area contributed by atoms with Gasteiger partial charge in [0.05, 0.1) is 25.0 Å².